The number of rotatable bonds is 7. The van der Waals surface area contributed by atoms with Gasteiger partial charge < -0.3 is 20.1 Å². The minimum atomic E-state index is -1.06. The number of aliphatic carboxylic acids is 1. The number of hydrogen-bond donors (Lipinski definition) is 2. The first kappa shape index (κ1) is 23.4. The van der Waals surface area contributed by atoms with Gasteiger partial charge in [-0.15, -0.1) is 0 Å². The number of hydrogen-bond acceptors (Lipinski definition) is 4. The van der Waals surface area contributed by atoms with Crippen LogP contribution in [-0.2, 0) is 14.3 Å². The van der Waals surface area contributed by atoms with E-state index in [-0.39, 0.29) is 30.9 Å². The summed E-state index contributed by atoms with van der Waals surface area (Å²) < 4.78 is 5.62. The molecule has 2 fully saturated rings. The predicted octanol–water partition coefficient (Wildman–Crippen LogP) is 4.41. The van der Waals surface area contributed by atoms with Gasteiger partial charge in [-0.25, -0.2) is 9.59 Å². The molecule has 3 aliphatic rings. The predicted molar refractivity (Wildman–Crippen MR) is 131 cm³/mol. The minimum absolute atomic E-state index is 0.0360. The Hall–Kier alpha value is -3.35. The van der Waals surface area contributed by atoms with Crippen molar-refractivity contribution in [1.29, 1.82) is 0 Å². The van der Waals surface area contributed by atoms with Crippen LogP contribution in [0.3, 0.4) is 0 Å². The number of nitrogens with one attached hydrogen (secondary N) is 1. The van der Waals surface area contributed by atoms with Gasteiger partial charge in [-0.3, -0.25) is 4.79 Å². The number of carboxylic acids is 1. The van der Waals surface area contributed by atoms with Crippen LogP contribution in [0.15, 0.2) is 48.5 Å². The van der Waals surface area contributed by atoms with E-state index < -0.39 is 23.0 Å². The van der Waals surface area contributed by atoms with E-state index in [9.17, 15) is 19.5 Å². The van der Waals surface area contributed by atoms with Crippen molar-refractivity contribution in [2.75, 3.05) is 19.7 Å². The summed E-state index contributed by atoms with van der Waals surface area (Å²) >= 11 is 0. The Morgan fingerprint density at radius 2 is 1.74 bits per heavy atom. The highest BCUT2D eigenvalue weighted by Crippen LogP contribution is 2.55. The van der Waals surface area contributed by atoms with Crippen LogP contribution in [-0.4, -0.2) is 53.2 Å². The monoisotopic (exact) mass is 476 g/mol. The molecule has 2 aromatic rings. The van der Waals surface area contributed by atoms with Crippen LogP contribution in [0.25, 0.3) is 11.1 Å². The zero-order valence-electron chi connectivity index (χ0n) is 20.3. The first-order chi connectivity index (χ1) is 16.8. The summed E-state index contributed by atoms with van der Waals surface area (Å²) in [6.45, 7) is 4.42. The molecular weight excluding hydrogens is 444 g/mol. The van der Waals surface area contributed by atoms with Crippen LogP contribution < -0.4 is 5.32 Å². The highest BCUT2D eigenvalue weighted by molar-refractivity contribution is 5.93. The summed E-state index contributed by atoms with van der Waals surface area (Å²) in [5, 5.41) is 12.6. The van der Waals surface area contributed by atoms with Gasteiger partial charge in [0.2, 0.25) is 5.91 Å². The zero-order chi connectivity index (χ0) is 24.8. The van der Waals surface area contributed by atoms with Gasteiger partial charge in [0.05, 0.1) is 5.41 Å². The number of piperidine rings is 1. The van der Waals surface area contributed by atoms with Crippen molar-refractivity contribution < 1.29 is 24.2 Å². The maximum atomic E-state index is 13.5. The number of amides is 2. The zero-order valence-corrected chi connectivity index (χ0v) is 20.3. The Morgan fingerprint density at radius 3 is 2.34 bits per heavy atom. The van der Waals surface area contributed by atoms with Crippen LogP contribution in [0.1, 0.15) is 56.6 Å². The number of benzene rings is 2. The number of ether oxygens (including phenoxy) is 1. The second-order valence-electron chi connectivity index (χ2n) is 10.3. The molecule has 35 heavy (non-hydrogen) atoms. The van der Waals surface area contributed by atoms with E-state index in [1.807, 2.05) is 31.2 Å². The number of carbonyl (C=O) groups is 3. The van der Waals surface area contributed by atoms with Crippen molar-refractivity contribution in [2.24, 2.45) is 11.3 Å². The number of likely N-dealkylation sites (tertiary alicyclic amines) is 1. The minimum Gasteiger partial charge on any atom is -0.479 e. The summed E-state index contributed by atoms with van der Waals surface area (Å²) in [5.41, 5.74) is 2.63. The normalized spacial score (nSPS) is 23.9. The molecule has 2 amide bonds. The molecule has 0 aromatic heterocycles. The third-order valence-corrected chi connectivity index (χ3v) is 8.37. The molecule has 0 spiro atoms. The third kappa shape index (κ3) is 3.77. The molecule has 1 heterocycles. The van der Waals surface area contributed by atoms with Crippen LogP contribution in [0.2, 0.25) is 0 Å². The SMILES string of the molecule is CCC(C)(CNC(=O)OCC1c2ccccc2-c2ccccc21)C(=O)N1CCC[C@@H]2C[C@@]21C(=O)O. The Balaban J connectivity index is 1.23. The van der Waals surface area contributed by atoms with Gasteiger partial charge in [0, 0.05) is 19.0 Å². The van der Waals surface area contributed by atoms with Gasteiger partial charge in [-0.05, 0) is 60.8 Å². The average Bonchev–Trinajstić information content (AvgIpc) is 3.56. The molecule has 1 saturated carbocycles. The molecule has 3 atom stereocenters. The van der Waals surface area contributed by atoms with Crippen molar-refractivity contribution in [2.45, 2.75) is 51.0 Å². The molecular formula is C28H32N2O5. The highest BCUT2D eigenvalue weighted by atomic mass is 16.5. The van der Waals surface area contributed by atoms with Gasteiger partial charge in [-0.1, -0.05) is 55.5 Å². The van der Waals surface area contributed by atoms with Crippen molar-refractivity contribution in [3.8, 4) is 11.1 Å². The lowest BCUT2D eigenvalue weighted by Gasteiger charge is -2.40. The molecule has 184 valence electrons. The molecule has 7 nitrogen and oxygen atoms in total. The quantitative estimate of drug-likeness (QED) is 0.617. The van der Waals surface area contributed by atoms with Crippen LogP contribution in [0, 0.1) is 11.3 Å². The topological polar surface area (TPSA) is 95.9 Å². The van der Waals surface area contributed by atoms with Crippen molar-refractivity contribution in [3.05, 3.63) is 59.7 Å². The Bertz CT molecular complexity index is 1130. The summed E-state index contributed by atoms with van der Waals surface area (Å²) in [5.74, 6) is -1.13. The van der Waals surface area contributed by atoms with E-state index in [4.69, 9.17) is 4.74 Å². The van der Waals surface area contributed by atoms with Gasteiger partial charge in [-0.2, -0.15) is 0 Å². The van der Waals surface area contributed by atoms with Crippen molar-refractivity contribution in [1.82, 2.24) is 10.2 Å². The standard InChI is InChI=1S/C28H32N2O5/c1-3-27(2,24(31)30-14-8-9-18-15-28(18,30)25(32)33)17-29-26(34)35-16-23-21-12-6-4-10-19(21)20-11-5-7-13-22(20)23/h4-7,10-13,18,23H,3,8-9,14-17H2,1-2H3,(H,29,34)(H,32,33)/t18-,27?,28+/m1/s1. The molecule has 1 unspecified atom stereocenters. The lowest BCUT2D eigenvalue weighted by molar-refractivity contribution is -0.159. The van der Waals surface area contributed by atoms with Gasteiger partial charge >= 0.3 is 12.1 Å². The van der Waals surface area contributed by atoms with Crippen molar-refractivity contribution in [3.63, 3.8) is 0 Å². The van der Waals surface area contributed by atoms with Crippen LogP contribution >= 0.6 is 0 Å². The molecule has 7 heteroatoms. The second-order valence-corrected chi connectivity index (χ2v) is 10.3. The molecule has 2 aliphatic carbocycles. The smallest absolute Gasteiger partial charge is 0.407 e. The number of alkyl carbamates (subject to hydrolysis) is 1. The van der Waals surface area contributed by atoms with Crippen molar-refractivity contribution >= 4 is 18.0 Å². The third-order valence-electron chi connectivity index (χ3n) is 8.37. The second kappa shape index (κ2) is 8.70. The first-order valence-electron chi connectivity index (χ1n) is 12.5. The molecule has 5 rings (SSSR count). The molecule has 1 aliphatic heterocycles. The summed E-state index contributed by atoms with van der Waals surface area (Å²) in [6, 6.07) is 16.3. The average molecular weight is 477 g/mol. The van der Waals surface area contributed by atoms with Crippen LogP contribution in [0.4, 0.5) is 4.79 Å². The fourth-order valence-electron chi connectivity index (χ4n) is 5.94. The Labute approximate surface area is 205 Å². The molecule has 1 saturated heterocycles. The van der Waals surface area contributed by atoms with Gasteiger partial charge in [0.15, 0.2) is 0 Å². The van der Waals surface area contributed by atoms with E-state index >= 15 is 0 Å². The fourth-order valence-corrected chi connectivity index (χ4v) is 5.94. The molecule has 0 bridgehead atoms. The number of fused-ring (bicyclic) bond motifs is 4. The fraction of sp³-hybridized carbons (Fsp3) is 0.464. The number of carboxylic acid groups (broad SMARTS) is 1. The largest absolute Gasteiger partial charge is 0.479 e. The van der Waals surface area contributed by atoms with Crippen LogP contribution in [0.5, 0.6) is 0 Å². The molecule has 0 radical (unpaired) electrons. The first-order valence-corrected chi connectivity index (χ1v) is 12.5. The van der Waals surface area contributed by atoms with E-state index in [1.54, 1.807) is 11.8 Å². The number of carbonyl (C=O) groups excluding carboxylic acids is 2. The Morgan fingerprint density at radius 1 is 1.11 bits per heavy atom. The number of nitrogens with zero attached hydrogens (tertiary/aromatic N) is 1. The van der Waals surface area contributed by atoms with E-state index in [2.05, 4.69) is 29.6 Å². The van der Waals surface area contributed by atoms with E-state index in [0.717, 1.165) is 35.1 Å². The summed E-state index contributed by atoms with van der Waals surface area (Å²) in [6.07, 6.45) is 2.08. The van der Waals surface area contributed by atoms with E-state index in [0.29, 0.717) is 19.4 Å². The van der Waals surface area contributed by atoms with Gasteiger partial charge in [0.25, 0.3) is 0 Å². The highest BCUT2D eigenvalue weighted by Gasteiger charge is 2.67. The van der Waals surface area contributed by atoms with E-state index in [1.165, 1.54) is 0 Å². The maximum absolute atomic E-state index is 13.5. The lowest BCUT2D eigenvalue weighted by Crippen LogP contribution is -2.57. The summed E-state index contributed by atoms with van der Waals surface area (Å²) in [4.78, 5) is 39.8. The maximum Gasteiger partial charge on any atom is 0.407 e. The van der Waals surface area contributed by atoms with Gasteiger partial charge in [0.1, 0.15) is 12.1 Å². The molecule has 2 N–H and O–H groups in total. The summed E-state index contributed by atoms with van der Waals surface area (Å²) in [7, 11) is 0. The Kier molecular flexibility index (Phi) is 5.82. The molecule has 2 aromatic carbocycles. The lowest BCUT2D eigenvalue weighted by atomic mass is 9.84.